The fourth-order valence-corrected chi connectivity index (χ4v) is 1.90. The second-order valence-corrected chi connectivity index (χ2v) is 4.77. The third-order valence-corrected chi connectivity index (χ3v) is 3.13. The van der Waals surface area contributed by atoms with Crippen LogP contribution in [0.2, 0.25) is 5.02 Å². The number of nitrogens with zero attached hydrogens (tertiary/aromatic N) is 3. The molecule has 22 heavy (non-hydrogen) atoms. The van der Waals surface area contributed by atoms with E-state index in [1.807, 2.05) is 12.1 Å². The van der Waals surface area contributed by atoms with Gasteiger partial charge in [0.05, 0.1) is 11.5 Å². The second-order valence-electron chi connectivity index (χ2n) is 4.36. The summed E-state index contributed by atoms with van der Waals surface area (Å²) in [5, 5.41) is 17.6. The highest BCUT2D eigenvalue weighted by molar-refractivity contribution is 6.32. The molecular weight excluding hydrogens is 308 g/mol. The molecule has 0 saturated carbocycles. The standard InChI is InChI=1S/C14H13ClN4O3/c15-13-4-2-1-3-11(13)5-6-14(20)16-7-8-18-10-12(9-17-18)19(21)22/h1-6,9-10H,7-8H2,(H,16,20)/b6-5+. The number of benzene rings is 1. The zero-order chi connectivity index (χ0) is 15.9. The molecule has 1 heterocycles. The van der Waals surface area contributed by atoms with Crippen molar-refractivity contribution in [2.24, 2.45) is 0 Å². The molecule has 0 atom stereocenters. The lowest BCUT2D eigenvalue weighted by molar-refractivity contribution is -0.385. The minimum absolute atomic E-state index is 0.0788. The van der Waals surface area contributed by atoms with Gasteiger partial charge in [-0.05, 0) is 17.7 Å². The summed E-state index contributed by atoms with van der Waals surface area (Å²) in [6.07, 6.45) is 5.48. The number of nitro groups is 1. The molecule has 0 spiro atoms. The molecule has 114 valence electrons. The molecule has 2 aromatic rings. The number of aromatic nitrogens is 2. The van der Waals surface area contributed by atoms with Gasteiger partial charge in [-0.1, -0.05) is 29.8 Å². The Kier molecular flexibility index (Phi) is 5.26. The minimum atomic E-state index is -0.519. The first-order valence-corrected chi connectivity index (χ1v) is 6.81. The van der Waals surface area contributed by atoms with Crippen LogP contribution in [-0.2, 0) is 11.3 Å². The first-order chi connectivity index (χ1) is 10.6. The van der Waals surface area contributed by atoms with Crippen molar-refractivity contribution in [1.82, 2.24) is 15.1 Å². The fourth-order valence-electron chi connectivity index (χ4n) is 1.70. The summed E-state index contributed by atoms with van der Waals surface area (Å²) in [5.41, 5.74) is 0.673. The normalized spacial score (nSPS) is 10.8. The van der Waals surface area contributed by atoms with Crippen molar-refractivity contribution >= 4 is 29.3 Å². The van der Waals surface area contributed by atoms with Gasteiger partial charge in [0, 0.05) is 17.6 Å². The number of amides is 1. The highest BCUT2D eigenvalue weighted by atomic mass is 35.5. The summed E-state index contributed by atoms with van der Waals surface area (Å²) in [6, 6.07) is 7.18. The summed E-state index contributed by atoms with van der Waals surface area (Å²) in [7, 11) is 0. The molecule has 0 radical (unpaired) electrons. The smallest absolute Gasteiger partial charge is 0.306 e. The Hall–Kier alpha value is -2.67. The largest absolute Gasteiger partial charge is 0.351 e. The maximum atomic E-state index is 11.7. The zero-order valence-electron chi connectivity index (χ0n) is 11.5. The van der Waals surface area contributed by atoms with Gasteiger partial charge in [0.1, 0.15) is 12.4 Å². The van der Waals surface area contributed by atoms with Crippen LogP contribution in [0.5, 0.6) is 0 Å². The quantitative estimate of drug-likeness (QED) is 0.502. The molecule has 2 rings (SSSR count). The van der Waals surface area contributed by atoms with Gasteiger partial charge in [-0.15, -0.1) is 0 Å². The van der Waals surface area contributed by atoms with E-state index in [0.29, 0.717) is 18.1 Å². The predicted molar refractivity (Wildman–Crippen MR) is 82.4 cm³/mol. The second kappa shape index (κ2) is 7.37. The molecule has 0 fully saturated rings. The van der Waals surface area contributed by atoms with Crippen LogP contribution in [0.3, 0.4) is 0 Å². The van der Waals surface area contributed by atoms with Crippen molar-refractivity contribution < 1.29 is 9.72 Å². The third-order valence-electron chi connectivity index (χ3n) is 2.79. The topological polar surface area (TPSA) is 90.1 Å². The number of hydrogen-bond donors (Lipinski definition) is 1. The molecule has 7 nitrogen and oxygen atoms in total. The van der Waals surface area contributed by atoms with Crippen molar-refractivity contribution in [3.8, 4) is 0 Å². The number of carbonyl (C=O) groups is 1. The number of rotatable bonds is 6. The summed E-state index contributed by atoms with van der Waals surface area (Å²) >= 11 is 5.97. The highest BCUT2D eigenvalue weighted by Gasteiger charge is 2.08. The molecule has 0 aliphatic carbocycles. The molecule has 8 heteroatoms. The lowest BCUT2D eigenvalue weighted by Gasteiger charge is -2.02. The SMILES string of the molecule is O=C(/C=C/c1ccccc1Cl)NCCn1cc([N+](=O)[O-])cn1. The molecule has 1 N–H and O–H groups in total. The Bertz CT molecular complexity index is 712. The summed E-state index contributed by atoms with van der Waals surface area (Å²) in [6.45, 7) is 0.657. The fraction of sp³-hybridized carbons (Fsp3) is 0.143. The van der Waals surface area contributed by atoms with Gasteiger partial charge in [0.25, 0.3) is 0 Å². The van der Waals surface area contributed by atoms with Crippen molar-refractivity contribution in [3.63, 3.8) is 0 Å². The molecule has 1 aromatic heterocycles. The van der Waals surface area contributed by atoms with Gasteiger partial charge in [0.15, 0.2) is 0 Å². The molecule has 0 bridgehead atoms. The van der Waals surface area contributed by atoms with Crippen molar-refractivity contribution in [2.75, 3.05) is 6.54 Å². The van der Waals surface area contributed by atoms with E-state index in [2.05, 4.69) is 10.4 Å². The van der Waals surface area contributed by atoms with E-state index in [4.69, 9.17) is 11.6 Å². The average molecular weight is 321 g/mol. The van der Waals surface area contributed by atoms with E-state index in [9.17, 15) is 14.9 Å². The first kappa shape index (κ1) is 15.7. The number of nitrogens with one attached hydrogen (secondary N) is 1. The number of halogens is 1. The van der Waals surface area contributed by atoms with Gasteiger partial charge in [0.2, 0.25) is 5.91 Å². The van der Waals surface area contributed by atoms with E-state index < -0.39 is 4.92 Å². The molecule has 0 aliphatic rings. The lowest BCUT2D eigenvalue weighted by Crippen LogP contribution is -2.25. The Labute approximate surface area is 131 Å². The number of hydrogen-bond acceptors (Lipinski definition) is 4. The van der Waals surface area contributed by atoms with Crippen LogP contribution in [0.25, 0.3) is 6.08 Å². The minimum Gasteiger partial charge on any atom is -0.351 e. The van der Waals surface area contributed by atoms with Crippen LogP contribution in [0.4, 0.5) is 5.69 Å². The lowest BCUT2D eigenvalue weighted by atomic mass is 10.2. The van der Waals surface area contributed by atoms with Crippen LogP contribution in [-0.4, -0.2) is 27.2 Å². The monoisotopic (exact) mass is 320 g/mol. The highest BCUT2D eigenvalue weighted by Crippen LogP contribution is 2.15. The average Bonchev–Trinajstić information content (AvgIpc) is 2.95. The molecule has 0 unspecified atom stereocenters. The van der Waals surface area contributed by atoms with Crippen LogP contribution in [0.1, 0.15) is 5.56 Å². The Morgan fingerprint density at radius 3 is 2.91 bits per heavy atom. The van der Waals surface area contributed by atoms with Gasteiger partial charge in [-0.2, -0.15) is 5.10 Å². The van der Waals surface area contributed by atoms with E-state index in [1.165, 1.54) is 23.2 Å². The van der Waals surface area contributed by atoms with Crippen molar-refractivity contribution in [1.29, 1.82) is 0 Å². The Morgan fingerprint density at radius 1 is 1.45 bits per heavy atom. The van der Waals surface area contributed by atoms with Gasteiger partial charge >= 0.3 is 5.69 Å². The molecule has 1 amide bonds. The molecule has 0 saturated heterocycles. The van der Waals surface area contributed by atoms with Gasteiger partial charge in [-0.25, -0.2) is 0 Å². The maximum Gasteiger partial charge on any atom is 0.306 e. The van der Waals surface area contributed by atoms with E-state index in [-0.39, 0.29) is 11.6 Å². The molecule has 0 aliphatic heterocycles. The summed E-state index contributed by atoms with van der Waals surface area (Å²) in [5.74, 6) is -0.276. The van der Waals surface area contributed by atoms with Gasteiger partial charge < -0.3 is 5.32 Å². The zero-order valence-corrected chi connectivity index (χ0v) is 12.2. The van der Waals surface area contributed by atoms with Crippen molar-refractivity contribution in [2.45, 2.75) is 6.54 Å². The predicted octanol–water partition coefficient (Wildman–Crippen LogP) is 2.27. The maximum absolute atomic E-state index is 11.7. The first-order valence-electron chi connectivity index (χ1n) is 6.43. The number of carbonyl (C=O) groups excluding carboxylic acids is 1. The van der Waals surface area contributed by atoms with Crippen LogP contribution < -0.4 is 5.32 Å². The Balaban J connectivity index is 1.80. The summed E-state index contributed by atoms with van der Waals surface area (Å²) < 4.78 is 1.40. The van der Waals surface area contributed by atoms with Crippen molar-refractivity contribution in [3.05, 3.63) is 63.4 Å². The van der Waals surface area contributed by atoms with Crippen LogP contribution in [0, 0.1) is 10.1 Å². The van der Waals surface area contributed by atoms with E-state index in [0.717, 1.165) is 5.56 Å². The van der Waals surface area contributed by atoms with E-state index in [1.54, 1.807) is 18.2 Å². The summed E-state index contributed by atoms with van der Waals surface area (Å²) in [4.78, 5) is 21.6. The Morgan fingerprint density at radius 2 is 2.23 bits per heavy atom. The van der Waals surface area contributed by atoms with E-state index >= 15 is 0 Å². The molecular formula is C14H13ClN4O3. The van der Waals surface area contributed by atoms with Crippen LogP contribution in [0.15, 0.2) is 42.7 Å². The third kappa shape index (κ3) is 4.42. The van der Waals surface area contributed by atoms with Crippen LogP contribution >= 0.6 is 11.6 Å². The van der Waals surface area contributed by atoms with Gasteiger partial charge in [-0.3, -0.25) is 19.6 Å². The molecule has 1 aromatic carbocycles.